The molecule has 6 nitrogen and oxygen atoms in total. The monoisotopic (exact) mass is 487 g/mol. The molecule has 2 aliphatic heterocycles. The van der Waals surface area contributed by atoms with Gasteiger partial charge in [0.2, 0.25) is 5.17 Å². The quantitative estimate of drug-likeness (QED) is 0.458. The summed E-state index contributed by atoms with van der Waals surface area (Å²) in [4.78, 5) is 17.2. The SMILES string of the molecule is Cc1ccccc1C1=NN2C(=N)C(=Cc3cc(C)n(-c4cc(Cl)ccc4C)c3C)C(=O)N=C2S1. The van der Waals surface area contributed by atoms with Crippen molar-refractivity contribution in [2.24, 2.45) is 10.1 Å². The number of rotatable bonds is 3. The first kappa shape index (κ1) is 22.4. The molecule has 8 heteroatoms. The summed E-state index contributed by atoms with van der Waals surface area (Å²) >= 11 is 7.56. The fourth-order valence-corrected chi connectivity index (χ4v) is 5.35. The highest BCUT2D eigenvalue weighted by atomic mass is 35.5. The number of aromatic nitrogens is 1. The van der Waals surface area contributed by atoms with Crippen LogP contribution >= 0.6 is 23.4 Å². The summed E-state index contributed by atoms with van der Waals surface area (Å²) < 4.78 is 2.11. The third kappa shape index (κ3) is 3.71. The van der Waals surface area contributed by atoms with Crippen molar-refractivity contribution in [2.75, 3.05) is 0 Å². The van der Waals surface area contributed by atoms with Gasteiger partial charge in [0.25, 0.3) is 5.91 Å². The number of thioether (sulfide) groups is 1. The largest absolute Gasteiger partial charge is 0.318 e. The molecule has 0 radical (unpaired) electrons. The number of carbonyl (C=O) groups is 1. The number of hydrogen-bond donors (Lipinski definition) is 1. The van der Waals surface area contributed by atoms with Gasteiger partial charge in [-0.25, -0.2) is 0 Å². The molecule has 5 rings (SSSR count). The van der Waals surface area contributed by atoms with Crippen LogP contribution in [0.3, 0.4) is 0 Å². The van der Waals surface area contributed by atoms with Crippen LogP contribution in [0.2, 0.25) is 5.02 Å². The average molecular weight is 488 g/mol. The number of hydrogen-bond acceptors (Lipinski definition) is 4. The standard InChI is InChI=1S/C26H22ClN5OS/c1-14-7-5-6-8-20(14)25-30-32-23(28)21(24(33)29-26(32)34-25)12-18-11-16(3)31(17(18)4)22-13-19(27)10-9-15(22)2/h5-13,28H,1-4H3. The summed E-state index contributed by atoms with van der Waals surface area (Å²) in [7, 11) is 0. The lowest BCUT2D eigenvalue weighted by molar-refractivity contribution is -0.114. The van der Waals surface area contributed by atoms with E-state index in [1.165, 1.54) is 16.8 Å². The van der Waals surface area contributed by atoms with Gasteiger partial charge in [0.05, 0.1) is 5.57 Å². The number of nitrogens with one attached hydrogen (secondary N) is 1. The maximum absolute atomic E-state index is 12.9. The molecule has 0 aliphatic carbocycles. The summed E-state index contributed by atoms with van der Waals surface area (Å²) in [5, 5.41) is 16.6. The van der Waals surface area contributed by atoms with Gasteiger partial charge in [0, 0.05) is 27.7 Å². The number of aryl methyl sites for hydroxylation is 3. The summed E-state index contributed by atoms with van der Waals surface area (Å²) in [5.74, 6) is -0.413. The zero-order valence-corrected chi connectivity index (χ0v) is 20.8. The molecule has 1 N–H and O–H groups in total. The second-order valence-corrected chi connectivity index (χ2v) is 9.73. The number of halogens is 1. The third-order valence-electron chi connectivity index (χ3n) is 6.01. The Balaban J connectivity index is 1.54. The van der Waals surface area contributed by atoms with Gasteiger partial charge in [0.15, 0.2) is 5.84 Å². The van der Waals surface area contributed by atoms with Gasteiger partial charge >= 0.3 is 0 Å². The number of aliphatic imine (C=N–C) groups is 1. The van der Waals surface area contributed by atoms with Gasteiger partial charge in [-0.1, -0.05) is 41.9 Å². The topological polar surface area (TPSA) is 73.8 Å². The van der Waals surface area contributed by atoms with Crippen LogP contribution in [0.25, 0.3) is 11.8 Å². The molecular weight excluding hydrogens is 466 g/mol. The number of amidine groups is 2. The lowest BCUT2D eigenvalue weighted by Gasteiger charge is -2.20. The number of amides is 1. The first-order chi connectivity index (χ1) is 16.2. The minimum Gasteiger partial charge on any atom is -0.318 e. The summed E-state index contributed by atoms with van der Waals surface area (Å²) in [5.41, 5.74) is 7.13. The van der Waals surface area contributed by atoms with Crippen molar-refractivity contribution < 1.29 is 4.79 Å². The Kier molecular flexibility index (Phi) is 5.54. The van der Waals surface area contributed by atoms with E-state index in [2.05, 4.69) is 14.7 Å². The highest BCUT2D eigenvalue weighted by Crippen LogP contribution is 2.33. The Labute approximate surface area is 207 Å². The molecule has 2 aromatic carbocycles. The Bertz CT molecular complexity index is 1480. The molecule has 0 spiro atoms. The van der Waals surface area contributed by atoms with Gasteiger partial charge in [-0.2, -0.15) is 15.1 Å². The fourth-order valence-electron chi connectivity index (χ4n) is 4.20. The van der Waals surface area contributed by atoms with Crippen LogP contribution in [0.4, 0.5) is 0 Å². The van der Waals surface area contributed by atoms with Crippen LogP contribution in [0.5, 0.6) is 0 Å². The van der Waals surface area contributed by atoms with E-state index in [9.17, 15) is 4.79 Å². The van der Waals surface area contributed by atoms with Gasteiger partial charge < -0.3 is 4.57 Å². The van der Waals surface area contributed by atoms with E-state index in [1.54, 1.807) is 6.08 Å². The van der Waals surface area contributed by atoms with E-state index in [0.717, 1.165) is 44.4 Å². The molecule has 0 saturated heterocycles. The van der Waals surface area contributed by atoms with Crippen molar-refractivity contribution in [1.82, 2.24) is 9.58 Å². The van der Waals surface area contributed by atoms with Crippen LogP contribution in [0, 0.1) is 33.1 Å². The summed E-state index contributed by atoms with van der Waals surface area (Å²) in [6, 6.07) is 15.7. The van der Waals surface area contributed by atoms with Gasteiger partial charge in [-0.15, -0.1) is 0 Å². The normalized spacial score (nSPS) is 16.7. The van der Waals surface area contributed by atoms with Gasteiger partial charge in [-0.3, -0.25) is 10.2 Å². The van der Waals surface area contributed by atoms with E-state index in [-0.39, 0.29) is 11.4 Å². The number of fused-ring (bicyclic) bond motifs is 1. The molecule has 3 heterocycles. The van der Waals surface area contributed by atoms with Crippen molar-refractivity contribution in [1.29, 1.82) is 5.41 Å². The van der Waals surface area contributed by atoms with Crippen LogP contribution in [-0.2, 0) is 4.79 Å². The lowest BCUT2D eigenvalue weighted by Crippen LogP contribution is -2.35. The first-order valence-electron chi connectivity index (χ1n) is 10.8. The Morgan fingerprint density at radius 2 is 1.79 bits per heavy atom. The smallest absolute Gasteiger partial charge is 0.283 e. The maximum atomic E-state index is 12.9. The third-order valence-corrected chi connectivity index (χ3v) is 7.19. The fraction of sp³-hybridized carbons (Fsp3) is 0.154. The summed E-state index contributed by atoms with van der Waals surface area (Å²) in [6.45, 7) is 8.05. The Morgan fingerprint density at radius 1 is 1.03 bits per heavy atom. The lowest BCUT2D eigenvalue weighted by atomic mass is 10.1. The maximum Gasteiger partial charge on any atom is 0.283 e. The number of benzene rings is 2. The Morgan fingerprint density at radius 3 is 2.56 bits per heavy atom. The van der Waals surface area contributed by atoms with E-state index in [0.29, 0.717) is 10.2 Å². The van der Waals surface area contributed by atoms with Crippen LogP contribution in [0.1, 0.15) is 33.6 Å². The molecular formula is C26H22ClN5OS. The van der Waals surface area contributed by atoms with Crippen molar-refractivity contribution in [3.63, 3.8) is 0 Å². The van der Waals surface area contributed by atoms with Crippen LogP contribution in [-0.4, -0.2) is 31.5 Å². The first-order valence-corrected chi connectivity index (χ1v) is 12.0. The van der Waals surface area contributed by atoms with Crippen LogP contribution < -0.4 is 0 Å². The molecule has 1 aromatic heterocycles. The van der Waals surface area contributed by atoms with Gasteiger partial charge in [-0.05, 0) is 80.4 Å². The van der Waals surface area contributed by atoms with E-state index in [4.69, 9.17) is 17.0 Å². The number of carbonyl (C=O) groups excluding carboxylic acids is 1. The number of hydrazone groups is 1. The van der Waals surface area contributed by atoms with E-state index < -0.39 is 5.91 Å². The molecule has 0 bridgehead atoms. The second-order valence-electron chi connectivity index (χ2n) is 8.33. The predicted octanol–water partition coefficient (Wildman–Crippen LogP) is 6.03. The second kappa shape index (κ2) is 8.42. The molecule has 34 heavy (non-hydrogen) atoms. The van der Waals surface area contributed by atoms with Crippen molar-refractivity contribution in [2.45, 2.75) is 27.7 Å². The zero-order chi connectivity index (χ0) is 24.1. The van der Waals surface area contributed by atoms with E-state index in [1.807, 2.05) is 76.2 Å². The minimum absolute atomic E-state index is 0.0230. The molecule has 0 fully saturated rings. The predicted molar refractivity (Wildman–Crippen MR) is 140 cm³/mol. The molecule has 1 amide bonds. The molecule has 2 aliphatic rings. The average Bonchev–Trinajstić information content (AvgIpc) is 3.33. The van der Waals surface area contributed by atoms with Gasteiger partial charge in [0.1, 0.15) is 5.04 Å². The highest BCUT2D eigenvalue weighted by Gasteiger charge is 2.36. The highest BCUT2D eigenvalue weighted by molar-refractivity contribution is 8.27. The molecule has 3 aromatic rings. The minimum atomic E-state index is -0.436. The number of nitrogens with zero attached hydrogens (tertiary/aromatic N) is 4. The van der Waals surface area contributed by atoms with Crippen molar-refractivity contribution in [3.8, 4) is 5.69 Å². The summed E-state index contributed by atoms with van der Waals surface area (Å²) in [6.07, 6.45) is 1.73. The Hall–Kier alpha value is -3.42. The molecule has 0 unspecified atom stereocenters. The van der Waals surface area contributed by atoms with Crippen molar-refractivity contribution in [3.05, 3.63) is 92.8 Å². The van der Waals surface area contributed by atoms with E-state index >= 15 is 0 Å². The zero-order valence-electron chi connectivity index (χ0n) is 19.2. The molecule has 0 atom stereocenters. The van der Waals surface area contributed by atoms with Crippen molar-refractivity contribution >= 4 is 51.4 Å². The molecule has 170 valence electrons. The van der Waals surface area contributed by atoms with Crippen LogP contribution in [0.15, 0.2) is 64.2 Å². The molecule has 0 saturated carbocycles.